The minimum atomic E-state index is -0.303. The quantitative estimate of drug-likeness (QED) is 0.892. The smallest absolute Gasteiger partial charge is 0.141 e. The van der Waals surface area contributed by atoms with Gasteiger partial charge < -0.3 is 5.32 Å². The molecule has 1 unspecified atom stereocenters. The van der Waals surface area contributed by atoms with Crippen molar-refractivity contribution < 1.29 is 4.39 Å². The average Bonchev–Trinajstić information content (AvgIpc) is 2.45. The van der Waals surface area contributed by atoms with Crippen molar-refractivity contribution in [1.29, 1.82) is 0 Å². The minimum absolute atomic E-state index is 0.00912. The van der Waals surface area contributed by atoms with Crippen LogP contribution in [-0.2, 0) is 0 Å². The van der Waals surface area contributed by atoms with E-state index in [4.69, 9.17) is 0 Å². The van der Waals surface area contributed by atoms with Crippen LogP contribution in [0.25, 0.3) is 0 Å². The third kappa shape index (κ3) is 3.42. The predicted molar refractivity (Wildman–Crippen MR) is 80.2 cm³/mol. The predicted octanol–water partition coefficient (Wildman–Crippen LogP) is 3.93. The van der Waals surface area contributed by atoms with Crippen molar-refractivity contribution in [2.75, 3.05) is 6.54 Å². The third-order valence-electron chi connectivity index (χ3n) is 3.51. The number of hydrogen-bond donors (Lipinski definition) is 1. The van der Waals surface area contributed by atoms with Gasteiger partial charge in [-0.2, -0.15) is 0 Å². The third-order valence-corrected chi connectivity index (χ3v) is 3.51. The first-order valence-electron chi connectivity index (χ1n) is 7.03. The van der Waals surface area contributed by atoms with E-state index in [-0.39, 0.29) is 11.9 Å². The lowest BCUT2D eigenvalue weighted by Crippen LogP contribution is -2.24. The van der Waals surface area contributed by atoms with Crippen molar-refractivity contribution in [2.45, 2.75) is 33.2 Å². The van der Waals surface area contributed by atoms with Gasteiger partial charge >= 0.3 is 0 Å². The zero-order valence-electron chi connectivity index (χ0n) is 12.3. The van der Waals surface area contributed by atoms with Crippen molar-refractivity contribution in [3.8, 4) is 0 Å². The summed E-state index contributed by atoms with van der Waals surface area (Å²) in [6.07, 6.45) is 2.32. The van der Waals surface area contributed by atoms with E-state index in [1.807, 2.05) is 0 Å². The highest BCUT2D eigenvalue weighted by molar-refractivity contribution is 5.35. The Morgan fingerprint density at radius 2 is 1.95 bits per heavy atom. The van der Waals surface area contributed by atoms with Crippen molar-refractivity contribution in [3.63, 3.8) is 0 Å². The Balaban J connectivity index is 2.35. The molecule has 0 radical (unpaired) electrons. The SMILES string of the molecule is CCCNC(c1ccc(C)c(C)c1)c1ccc(F)cn1. The average molecular weight is 272 g/mol. The number of nitrogens with zero attached hydrogens (tertiary/aromatic N) is 1. The fourth-order valence-corrected chi connectivity index (χ4v) is 2.18. The van der Waals surface area contributed by atoms with E-state index < -0.39 is 0 Å². The Morgan fingerprint density at radius 3 is 2.55 bits per heavy atom. The normalized spacial score (nSPS) is 12.4. The number of benzene rings is 1. The van der Waals surface area contributed by atoms with E-state index in [1.54, 1.807) is 6.07 Å². The lowest BCUT2D eigenvalue weighted by atomic mass is 9.98. The summed E-state index contributed by atoms with van der Waals surface area (Å²) in [7, 11) is 0. The van der Waals surface area contributed by atoms with Crippen molar-refractivity contribution in [3.05, 3.63) is 64.7 Å². The van der Waals surface area contributed by atoms with Crippen LogP contribution in [0.5, 0.6) is 0 Å². The number of nitrogens with one attached hydrogen (secondary N) is 1. The molecule has 1 aromatic heterocycles. The molecule has 0 bridgehead atoms. The van der Waals surface area contributed by atoms with Crippen LogP contribution in [0.3, 0.4) is 0 Å². The Bertz CT molecular complexity index is 564. The molecule has 1 heterocycles. The molecular formula is C17H21FN2. The fourth-order valence-electron chi connectivity index (χ4n) is 2.18. The zero-order chi connectivity index (χ0) is 14.5. The summed E-state index contributed by atoms with van der Waals surface area (Å²) in [6.45, 7) is 7.23. The number of hydrogen-bond acceptors (Lipinski definition) is 2. The first-order chi connectivity index (χ1) is 9.61. The topological polar surface area (TPSA) is 24.9 Å². The van der Waals surface area contributed by atoms with Gasteiger partial charge in [-0.05, 0) is 55.6 Å². The first kappa shape index (κ1) is 14.7. The van der Waals surface area contributed by atoms with Crippen LogP contribution in [0.1, 0.15) is 41.8 Å². The highest BCUT2D eigenvalue weighted by Gasteiger charge is 2.15. The summed E-state index contributed by atoms with van der Waals surface area (Å²) >= 11 is 0. The van der Waals surface area contributed by atoms with E-state index in [0.29, 0.717) is 0 Å². The molecule has 20 heavy (non-hydrogen) atoms. The van der Waals surface area contributed by atoms with E-state index >= 15 is 0 Å². The number of aromatic nitrogens is 1. The van der Waals surface area contributed by atoms with Crippen LogP contribution < -0.4 is 5.32 Å². The summed E-state index contributed by atoms with van der Waals surface area (Å²) in [5.74, 6) is -0.303. The molecule has 0 fully saturated rings. The van der Waals surface area contributed by atoms with Crippen molar-refractivity contribution in [1.82, 2.24) is 10.3 Å². The molecule has 0 saturated heterocycles. The van der Waals surface area contributed by atoms with E-state index in [2.05, 4.69) is 49.3 Å². The lowest BCUT2D eigenvalue weighted by Gasteiger charge is -2.19. The molecule has 0 amide bonds. The Morgan fingerprint density at radius 1 is 1.15 bits per heavy atom. The van der Waals surface area contributed by atoms with E-state index in [1.165, 1.54) is 29.0 Å². The minimum Gasteiger partial charge on any atom is -0.305 e. The van der Waals surface area contributed by atoms with Gasteiger partial charge in [0.05, 0.1) is 17.9 Å². The van der Waals surface area contributed by atoms with Crippen LogP contribution in [0.15, 0.2) is 36.5 Å². The van der Waals surface area contributed by atoms with Gasteiger partial charge in [-0.25, -0.2) is 4.39 Å². The molecule has 0 aliphatic rings. The molecule has 2 aromatic rings. The van der Waals surface area contributed by atoms with Gasteiger partial charge in [0.15, 0.2) is 0 Å². The second kappa shape index (κ2) is 6.62. The van der Waals surface area contributed by atoms with Crippen LogP contribution in [0.2, 0.25) is 0 Å². The molecule has 1 aromatic carbocycles. The van der Waals surface area contributed by atoms with Gasteiger partial charge in [-0.1, -0.05) is 25.1 Å². The molecule has 2 nitrogen and oxygen atoms in total. The Labute approximate surface area is 120 Å². The van der Waals surface area contributed by atoms with Crippen molar-refractivity contribution in [2.24, 2.45) is 0 Å². The summed E-state index contributed by atoms with van der Waals surface area (Å²) in [4.78, 5) is 4.22. The fraction of sp³-hybridized carbons (Fsp3) is 0.353. The molecule has 0 spiro atoms. The maximum Gasteiger partial charge on any atom is 0.141 e. The highest BCUT2D eigenvalue weighted by atomic mass is 19.1. The Hall–Kier alpha value is -1.74. The summed E-state index contributed by atoms with van der Waals surface area (Å²) in [5, 5.41) is 3.48. The van der Waals surface area contributed by atoms with Crippen LogP contribution in [-0.4, -0.2) is 11.5 Å². The molecule has 0 aliphatic carbocycles. The van der Waals surface area contributed by atoms with E-state index in [9.17, 15) is 4.39 Å². The maximum atomic E-state index is 13.0. The molecule has 1 atom stereocenters. The second-order valence-electron chi connectivity index (χ2n) is 5.13. The van der Waals surface area contributed by atoms with Gasteiger partial charge in [0.1, 0.15) is 5.82 Å². The van der Waals surface area contributed by atoms with Crippen molar-refractivity contribution >= 4 is 0 Å². The van der Waals surface area contributed by atoms with Crippen LogP contribution in [0, 0.1) is 19.7 Å². The standard InChI is InChI=1S/C17H21FN2/c1-4-9-19-17(16-8-7-15(18)11-20-16)14-6-5-12(2)13(3)10-14/h5-8,10-11,17,19H,4,9H2,1-3H3. The second-order valence-corrected chi connectivity index (χ2v) is 5.13. The monoisotopic (exact) mass is 272 g/mol. The summed E-state index contributed by atoms with van der Waals surface area (Å²) in [5.41, 5.74) is 4.55. The molecule has 0 saturated carbocycles. The molecule has 2 rings (SSSR count). The molecule has 0 aliphatic heterocycles. The molecule has 1 N–H and O–H groups in total. The highest BCUT2D eigenvalue weighted by Crippen LogP contribution is 2.22. The molecular weight excluding hydrogens is 251 g/mol. The molecule has 106 valence electrons. The Kier molecular flexibility index (Phi) is 4.85. The van der Waals surface area contributed by atoms with Gasteiger partial charge in [0.2, 0.25) is 0 Å². The zero-order valence-corrected chi connectivity index (χ0v) is 12.3. The van der Waals surface area contributed by atoms with Crippen LogP contribution >= 0.6 is 0 Å². The summed E-state index contributed by atoms with van der Waals surface area (Å²) in [6, 6.07) is 9.63. The van der Waals surface area contributed by atoms with E-state index in [0.717, 1.165) is 18.7 Å². The van der Waals surface area contributed by atoms with Gasteiger partial charge in [-0.15, -0.1) is 0 Å². The first-order valence-corrected chi connectivity index (χ1v) is 7.03. The lowest BCUT2D eigenvalue weighted by molar-refractivity contribution is 0.576. The number of pyridine rings is 1. The maximum absolute atomic E-state index is 13.0. The largest absolute Gasteiger partial charge is 0.305 e. The van der Waals surface area contributed by atoms with Gasteiger partial charge in [-0.3, -0.25) is 4.98 Å². The van der Waals surface area contributed by atoms with Gasteiger partial charge in [0.25, 0.3) is 0 Å². The van der Waals surface area contributed by atoms with Gasteiger partial charge in [0, 0.05) is 0 Å². The molecule has 3 heteroatoms. The summed E-state index contributed by atoms with van der Waals surface area (Å²) < 4.78 is 13.0. The van der Waals surface area contributed by atoms with Crippen LogP contribution in [0.4, 0.5) is 4.39 Å². The number of halogens is 1. The number of aryl methyl sites for hydroxylation is 2. The number of rotatable bonds is 5.